The molecule has 17 heavy (non-hydrogen) atoms. The Morgan fingerprint density at radius 1 is 1.53 bits per heavy atom. The Kier molecular flexibility index (Phi) is 4.59. The van der Waals surface area contributed by atoms with Crippen LogP contribution in [0.25, 0.3) is 0 Å². The van der Waals surface area contributed by atoms with E-state index in [9.17, 15) is 8.42 Å². The fourth-order valence-corrected chi connectivity index (χ4v) is 2.48. The van der Waals surface area contributed by atoms with Crippen LogP contribution >= 0.6 is 0 Å². The van der Waals surface area contributed by atoms with E-state index in [2.05, 4.69) is 9.71 Å². The van der Waals surface area contributed by atoms with Gasteiger partial charge in [-0.15, -0.1) is 0 Å². The monoisotopic (exact) mass is 256 g/mol. The van der Waals surface area contributed by atoms with E-state index in [1.807, 2.05) is 0 Å². The van der Waals surface area contributed by atoms with Crippen LogP contribution < -0.4 is 10.5 Å². The topological polar surface area (TPSA) is 109 Å². The van der Waals surface area contributed by atoms with Gasteiger partial charge >= 0.3 is 0 Å². The highest BCUT2D eigenvalue weighted by atomic mass is 32.2. The maximum absolute atomic E-state index is 11.6. The van der Waals surface area contributed by atoms with Gasteiger partial charge in [0.05, 0.1) is 11.8 Å². The van der Waals surface area contributed by atoms with E-state index in [0.717, 1.165) is 5.56 Å². The summed E-state index contributed by atoms with van der Waals surface area (Å²) in [5.74, 6) is -0.230. The summed E-state index contributed by atoms with van der Waals surface area (Å²) in [5, 5.41) is 7.12. The summed E-state index contributed by atoms with van der Waals surface area (Å²) in [4.78, 5) is 3.85. The molecule has 0 saturated carbocycles. The van der Waals surface area contributed by atoms with Crippen molar-refractivity contribution in [2.24, 2.45) is 5.73 Å². The van der Waals surface area contributed by atoms with Gasteiger partial charge < -0.3 is 5.73 Å². The number of nitrogens with zero attached hydrogens (tertiary/aromatic N) is 1. The zero-order chi connectivity index (χ0) is 12.9. The smallest absolute Gasteiger partial charge is 0.212 e. The first-order valence-corrected chi connectivity index (χ1v) is 6.79. The lowest BCUT2D eigenvalue weighted by atomic mass is 10.2. The lowest BCUT2D eigenvalue weighted by molar-refractivity contribution is 0.577. The van der Waals surface area contributed by atoms with Crippen LogP contribution in [0, 0.1) is 5.41 Å². The van der Waals surface area contributed by atoms with E-state index >= 15 is 0 Å². The van der Waals surface area contributed by atoms with Crippen LogP contribution in [0.2, 0.25) is 0 Å². The molecule has 0 fully saturated rings. The third kappa shape index (κ3) is 4.92. The number of aromatic nitrogens is 1. The minimum Gasteiger partial charge on any atom is -0.386 e. The first kappa shape index (κ1) is 13.6. The first-order valence-electron chi connectivity index (χ1n) is 5.13. The maximum atomic E-state index is 11.6. The van der Waals surface area contributed by atoms with Gasteiger partial charge in [-0.05, 0) is 31.0 Å². The van der Waals surface area contributed by atoms with Crippen molar-refractivity contribution in [2.45, 2.75) is 19.4 Å². The highest BCUT2D eigenvalue weighted by Gasteiger charge is 2.15. The number of rotatable bonds is 6. The van der Waals surface area contributed by atoms with Crippen LogP contribution in [0.5, 0.6) is 0 Å². The summed E-state index contributed by atoms with van der Waals surface area (Å²) in [6, 6.07) is 2.87. The number of nitrogens with two attached hydrogens (primary N) is 1. The number of pyridine rings is 1. The lowest BCUT2D eigenvalue weighted by Gasteiger charge is -2.12. The van der Waals surface area contributed by atoms with E-state index in [1.54, 1.807) is 24.5 Å². The Morgan fingerprint density at radius 3 is 2.65 bits per heavy atom. The molecule has 94 valence electrons. The molecule has 0 radical (unpaired) electrons. The molecule has 0 saturated heterocycles. The van der Waals surface area contributed by atoms with Crippen molar-refractivity contribution in [3.8, 4) is 0 Å². The first-order chi connectivity index (χ1) is 7.91. The Balaban J connectivity index is 2.54. The van der Waals surface area contributed by atoms with E-state index < -0.39 is 16.1 Å². The zero-order valence-corrected chi connectivity index (χ0v) is 10.4. The van der Waals surface area contributed by atoms with Gasteiger partial charge in [-0.3, -0.25) is 10.4 Å². The van der Waals surface area contributed by atoms with Crippen LogP contribution in [-0.4, -0.2) is 31.0 Å². The number of aryl methyl sites for hydroxylation is 1. The molecule has 0 aromatic carbocycles. The fourth-order valence-electron chi connectivity index (χ4n) is 1.19. The molecule has 0 spiro atoms. The third-order valence-corrected chi connectivity index (χ3v) is 3.69. The summed E-state index contributed by atoms with van der Waals surface area (Å²) < 4.78 is 25.6. The average Bonchev–Trinajstić information content (AvgIpc) is 2.27. The van der Waals surface area contributed by atoms with Crippen molar-refractivity contribution >= 4 is 15.9 Å². The van der Waals surface area contributed by atoms with Crippen LogP contribution in [0.15, 0.2) is 24.5 Å². The van der Waals surface area contributed by atoms with Crippen LogP contribution in [0.1, 0.15) is 12.5 Å². The van der Waals surface area contributed by atoms with Gasteiger partial charge in [0.1, 0.15) is 5.84 Å². The second-order valence-electron chi connectivity index (χ2n) is 3.72. The van der Waals surface area contributed by atoms with Gasteiger partial charge in [0.15, 0.2) is 0 Å². The largest absolute Gasteiger partial charge is 0.386 e. The number of amidine groups is 1. The summed E-state index contributed by atoms with van der Waals surface area (Å²) in [6.07, 6.45) is 3.64. The van der Waals surface area contributed by atoms with E-state index in [1.165, 1.54) is 6.92 Å². The molecular weight excluding hydrogens is 240 g/mol. The Bertz CT molecular complexity index is 472. The number of sulfonamides is 1. The second kappa shape index (κ2) is 5.74. The van der Waals surface area contributed by atoms with Crippen molar-refractivity contribution in [1.29, 1.82) is 5.41 Å². The summed E-state index contributed by atoms with van der Waals surface area (Å²) in [6.45, 7) is 1.53. The van der Waals surface area contributed by atoms with Crippen molar-refractivity contribution in [3.05, 3.63) is 30.1 Å². The van der Waals surface area contributed by atoms with Crippen molar-refractivity contribution in [3.63, 3.8) is 0 Å². The molecule has 1 rings (SSSR count). The molecule has 1 unspecified atom stereocenters. The van der Waals surface area contributed by atoms with Crippen LogP contribution in [-0.2, 0) is 16.4 Å². The normalized spacial score (nSPS) is 13.2. The molecule has 1 aromatic rings. The molecule has 0 amide bonds. The van der Waals surface area contributed by atoms with Gasteiger partial charge in [-0.25, -0.2) is 13.1 Å². The van der Waals surface area contributed by atoms with Gasteiger partial charge in [0.25, 0.3) is 0 Å². The van der Waals surface area contributed by atoms with E-state index in [4.69, 9.17) is 11.1 Å². The molecular formula is C10H16N4O2S. The predicted molar refractivity (Wildman–Crippen MR) is 66.2 cm³/mol. The average molecular weight is 256 g/mol. The fraction of sp³-hybridized carbons (Fsp3) is 0.400. The molecule has 0 aliphatic carbocycles. The third-order valence-electron chi connectivity index (χ3n) is 2.23. The number of hydrogen-bond acceptors (Lipinski definition) is 4. The van der Waals surface area contributed by atoms with Gasteiger partial charge in [0, 0.05) is 12.4 Å². The molecule has 0 aliphatic heterocycles. The zero-order valence-electron chi connectivity index (χ0n) is 9.55. The lowest BCUT2D eigenvalue weighted by Crippen LogP contribution is -2.42. The molecule has 1 heterocycles. The number of nitrogens with one attached hydrogen (secondary N) is 2. The van der Waals surface area contributed by atoms with Gasteiger partial charge in [0.2, 0.25) is 10.0 Å². The standard InChI is InChI=1S/C10H16N4O2S/c1-8(10(11)12)14-17(15,16)7-4-9-2-5-13-6-3-9/h2-3,5-6,8,14H,4,7H2,1H3,(H3,11,12). The summed E-state index contributed by atoms with van der Waals surface area (Å²) >= 11 is 0. The molecule has 6 nitrogen and oxygen atoms in total. The summed E-state index contributed by atoms with van der Waals surface area (Å²) in [7, 11) is -3.42. The molecule has 1 atom stereocenters. The van der Waals surface area contributed by atoms with Crippen LogP contribution in [0.4, 0.5) is 0 Å². The Labute approximate surface area is 101 Å². The molecule has 4 N–H and O–H groups in total. The second-order valence-corrected chi connectivity index (χ2v) is 5.59. The van der Waals surface area contributed by atoms with E-state index in [0.29, 0.717) is 6.42 Å². The SMILES string of the molecule is CC(NS(=O)(=O)CCc1ccncc1)C(=N)N. The minimum atomic E-state index is -3.42. The quantitative estimate of drug-likeness (QED) is 0.486. The van der Waals surface area contributed by atoms with Gasteiger partial charge in [-0.1, -0.05) is 0 Å². The molecule has 7 heteroatoms. The number of hydrogen-bond donors (Lipinski definition) is 3. The Hall–Kier alpha value is -1.47. The highest BCUT2D eigenvalue weighted by molar-refractivity contribution is 7.89. The molecule has 0 aliphatic rings. The van der Waals surface area contributed by atoms with Crippen molar-refractivity contribution in [2.75, 3.05) is 5.75 Å². The van der Waals surface area contributed by atoms with Crippen molar-refractivity contribution in [1.82, 2.24) is 9.71 Å². The predicted octanol–water partition coefficient (Wildman–Crippen LogP) is -0.132. The van der Waals surface area contributed by atoms with E-state index in [-0.39, 0.29) is 11.6 Å². The van der Waals surface area contributed by atoms with Gasteiger partial charge in [-0.2, -0.15) is 0 Å². The molecule has 1 aromatic heterocycles. The molecule has 0 bridgehead atoms. The summed E-state index contributed by atoms with van der Waals surface area (Å²) in [5.41, 5.74) is 6.10. The van der Waals surface area contributed by atoms with Crippen molar-refractivity contribution < 1.29 is 8.42 Å². The highest BCUT2D eigenvalue weighted by Crippen LogP contribution is 2.00. The Morgan fingerprint density at radius 2 is 2.12 bits per heavy atom. The maximum Gasteiger partial charge on any atom is 0.212 e. The van der Waals surface area contributed by atoms with Crippen LogP contribution in [0.3, 0.4) is 0 Å². The minimum absolute atomic E-state index is 0.0331.